The third kappa shape index (κ3) is 3.05. The van der Waals surface area contributed by atoms with Gasteiger partial charge in [-0.3, -0.25) is 4.79 Å². The van der Waals surface area contributed by atoms with Crippen LogP contribution in [0.1, 0.15) is 21.5 Å². The number of fused-ring (bicyclic) bond motifs is 1. The number of benzene rings is 2. The van der Waals surface area contributed by atoms with Crippen molar-refractivity contribution in [1.29, 1.82) is 0 Å². The van der Waals surface area contributed by atoms with E-state index in [0.29, 0.717) is 5.56 Å². The summed E-state index contributed by atoms with van der Waals surface area (Å²) in [5.74, 6) is -0.0365. The number of hydrogen-bond acceptors (Lipinski definition) is 3. The lowest BCUT2D eigenvalue weighted by atomic mass is 10.0. The van der Waals surface area contributed by atoms with Crippen LogP contribution >= 0.6 is 0 Å². The SMILES string of the molecule is Cc1ccccc1-n1cc(-c2cc(C(=O)N(C)C)c3cccc(C)c3n2)cn1. The maximum Gasteiger partial charge on any atom is 0.254 e. The minimum absolute atomic E-state index is 0.0365. The van der Waals surface area contributed by atoms with Crippen molar-refractivity contribution < 1.29 is 4.79 Å². The lowest BCUT2D eigenvalue weighted by molar-refractivity contribution is 0.0829. The van der Waals surface area contributed by atoms with E-state index in [0.717, 1.165) is 39.0 Å². The van der Waals surface area contributed by atoms with Crippen molar-refractivity contribution in [1.82, 2.24) is 19.7 Å². The molecule has 4 rings (SSSR count). The summed E-state index contributed by atoms with van der Waals surface area (Å²) in [6.45, 7) is 4.07. The van der Waals surface area contributed by atoms with Crippen LogP contribution in [0.3, 0.4) is 0 Å². The molecule has 0 radical (unpaired) electrons. The topological polar surface area (TPSA) is 51.0 Å². The Morgan fingerprint density at radius 2 is 1.75 bits per heavy atom. The summed E-state index contributed by atoms with van der Waals surface area (Å²) in [4.78, 5) is 19.2. The normalized spacial score (nSPS) is 11.0. The van der Waals surface area contributed by atoms with Gasteiger partial charge in [0.15, 0.2) is 0 Å². The van der Waals surface area contributed by atoms with E-state index in [4.69, 9.17) is 4.98 Å². The summed E-state index contributed by atoms with van der Waals surface area (Å²) in [5, 5.41) is 5.39. The number of hydrogen-bond donors (Lipinski definition) is 0. The summed E-state index contributed by atoms with van der Waals surface area (Å²) < 4.78 is 1.85. The molecule has 4 aromatic rings. The van der Waals surface area contributed by atoms with Gasteiger partial charge in [-0.05, 0) is 37.1 Å². The number of amides is 1. The van der Waals surface area contributed by atoms with Gasteiger partial charge in [0.05, 0.1) is 28.7 Å². The third-order valence-electron chi connectivity index (χ3n) is 4.92. The molecule has 0 aliphatic carbocycles. The molecule has 0 aliphatic rings. The Hall–Kier alpha value is -3.47. The maximum absolute atomic E-state index is 12.8. The van der Waals surface area contributed by atoms with Crippen molar-refractivity contribution in [2.24, 2.45) is 0 Å². The van der Waals surface area contributed by atoms with Gasteiger partial charge < -0.3 is 4.90 Å². The number of aryl methyl sites for hydroxylation is 2. The molecule has 2 aromatic heterocycles. The van der Waals surface area contributed by atoms with Crippen LogP contribution in [0.5, 0.6) is 0 Å². The van der Waals surface area contributed by atoms with E-state index in [1.807, 2.05) is 60.3 Å². The smallest absolute Gasteiger partial charge is 0.254 e. The third-order valence-corrected chi connectivity index (χ3v) is 4.92. The molecule has 2 heterocycles. The van der Waals surface area contributed by atoms with Crippen LogP contribution < -0.4 is 0 Å². The van der Waals surface area contributed by atoms with Crippen molar-refractivity contribution >= 4 is 16.8 Å². The highest BCUT2D eigenvalue weighted by Gasteiger charge is 2.17. The van der Waals surface area contributed by atoms with Gasteiger partial charge in [-0.25, -0.2) is 9.67 Å². The molecule has 0 saturated carbocycles. The minimum Gasteiger partial charge on any atom is -0.345 e. The maximum atomic E-state index is 12.8. The number of carbonyl (C=O) groups is 1. The second kappa shape index (κ2) is 6.93. The number of rotatable bonds is 3. The van der Waals surface area contributed by atoms with Crippen molar-refractivity contribution in [2.75, 3.05) is 14.1 Å². The molecule has 5 heteroatoms. The molecule has 2 aromatic carbocycles. The van der Waals surface area contributed by atoms with E-state index in [-0.39, 0.29) is 5.91 Å². The molecule has 1 amide bonds. The van der Waals surface area contributed by atoms with Crippen LogP contribution in [0.4, 0.5) is 0 Å². The summed E-state index contributed by atoms with van der Waals surface area (Å²) >= 11 is 0. The van der Waals surface area contributed by atoms with E-state index in [2.05, 4.69) is 18.1 Å². The molecule has 0 spiro atoms. The first-order chi connectivity index (χ1) is 13.5. The van der Waals surface area contributed by atoms with Crippen LogP contribution in [0.25, 0.3) is 27.8 Å². The standard InChI is InChI=1S/C23H22N4O/c1-15-8-5-6-11-21(15)27-14-17(13-24-27)20-12-19(23(28)26(3)4)18-10-7-9-16(2)22(18)25-20/h5-14H,1-4H3. The first-order valence-electron chi connectivity index (χ1n) is 9.19. The highest BCUT2D eigenvalue weighted by Crippen LogP contribution is 2.28. The molecular formula is C23H22N4O. The molecule has 28 heavy (non-hydrogen) atoms. The Bertz CT molecular complexity index is 1190. The van der Waals surface area contributed by atoms with Gasteiger partial charge in [0.1, 0.15) is 0 Å². The van der Waals surface area contributed by atoms with Crippen molar-refractivity contribution in [2.45, 2.75) is 13.8 Å². The van der Waals surface area contributed by atoms with Gasteiger partial charge in [0.2, 0.25) is 0 Å². The molecule has 5 nitrogen and oxygen atoms in total. The monoisotopic (exact) mass is 370 g/mol. The fourth-order valence-electron chi connectivity index (χ4n) is 3.36. The lowest BCUT2D eigenvalue weighted by Gasteiger charge is -2.14. The van der Waals surface area contributed by atoms with E-state index in [9.17, 15) is 4.79 Å². The number of pyridine rings is 1. The van der Waals surface area contributed by atoms with Crippen molar-refractivity contribution in [3.8, 4) is 16.9 Å². The van der Waals surface area contributed by atoms with Gasteiger partial charge in [-0.1, -0.05) is 36.4 Å². The van der Waals surface area contributed by atoms with Gasteiger partial charge in [0.25, 0.3) is 5.91 Å². The van der Waals surface area contributed by atoms with Crippen LogP contribution in [0, 0.1) is 13.8 Å². The molecular weight excluding hydrogens is 348 g/mol. The highest BCUT2D eigenvalue weighted by molar-refractivity contribution is 6.07. The Labute approximate surface area is 164 Å². The second-order valence-corrected chi connectivity index (χ2v) is 7.19. The molecule has 0 unspecified atom stereocenters. The molecule has 0 N–H and O–H groups in total. The number of carbonyl (C=O) groups excluding carboxylic acids is 1. The zero-order valence-corrected chi connectivity index (χ0v) is 16.5. The Kier molecular flexibility index (Phi) is 4.43. The molecule has 140 valence electrons. The summed E-state index contributed by atoms with van der Waals surface area (Å²) in [6.07, 6.45) is 3.75. The minimum atomic E-state index is -0.0365. The average molecular weight is 370 g/mol. The Morgan fingerprint density at radius 1 is 1.00 bits per heavy atom. The fraction of sp³-hybridized carbons (Fsp3) is 0.174. The summed E-state index contributed by atoms with van der Waals surface area (Å²) in [6, 6.07) is 15.9. The Balaban J connectivity index is 1.89. The highest BCUT2D eigenvalue weighted by atomic mass is 16.2. The van der Waals surface area contributed by atoms with E-state index < -0.39 is 0 Å². The van der Waals surface area contributed by atoms with Crippen LogP contribution in [0.2, 0.25) is 0 Å². The molecule has 0 aliphatic heterocycles. The lowest BCUT2D eigenvalue weighted by Crippen LogP contribution is -2.22. The molecule has 0 saturated heterocycles. The largest absolute Gasteiger partial charge is 0.345 e. The zero-order chi connectivity index (χ0) is 19.8. The van der Waals surface area contributed by atoms with Crippen LogP contribution in [-0.2, 0) is 0 Å². The van der Waals surface area contributed by atoms with Gasteiger partial charge in [-0.2, -0.15) is 5.10 Å². The predicted octanol–water partition coefficient (Wildman–Crippen LogP) is 4.41. The fourth-order valence-corrected chi connectivity index (χ4v) is 3.36. The molecule has 0 atom stereocenters. The van der Waals surface area contributed by atoms with Crippen molar-refractivity contribution in [3.05, 3.63) is 77.6 Å². The van der Waals surface area contributed by atoms with E-state index in [1.165, 1.54) is 0 Å². The molecule has 0 bridgehead atoms. The van der Waals surface area contributed by atoms with E-state index >= 15 is 0 Å². The number of nitrogens with zero attached hydrogens (tertiary/aromatic N) is 4. The quantitative estimate of drug-likeness (QED) is 0.537. The number of aromatic nitrogens is 3. The summed E-state index contributed by atoms with van der Waals surface area (Å²) in [5.41, 5.74) is 6.32. The first kappa shape index (κ1) is 17.9. The molecule has 0 fully saturated rings. The second-order valence-electron chi connectivity index (χ2n) is 7.19. The summed E-state index contributed by atoms with van der Waals surface area (Å²) in [7, 11) is 3.53. The first-order valence-corrected chi connectivity index (χ1v) is 9.19. The van der Waals surface area contributed by atoms with Crippen molar-refractivity contribution in [3.63, 3.8) is 0 Å². The van der Waals surface area contributed by atoms with Crippen LogP contribution in [0.15, 0.2) is 60.9 Å². The van der Waals surface area contributed by atoms with Gasteiger partial charge >= 0.3 is 0 Å². The van der Waals surface area contributed by atoms with E-state index in [1.54, 1.807) is 25.2 Å². The van der Waals surface area contributed by atoms with Crippen LogP contribution in [-0.4, -0.2) is 39.7 Å². The number of para-hydroxylation sites is 2. The van der Waals surface area contributed by atoms with Gasteiger partial charge in [0, 0.05) is 31.2 Å². The zero-order valence-electron chi connectivity index (χ0n) is 16.5. The average Bonchev–Trinajstić information content (AvgIpc) is 3.17. The predicted molar refractivity (Wildman–Crippen MR) is 112 cm³/mol. The van der Waals surface area contributed by atoms with Gasteiger partial charge in [-0.15, -0.1) is 0 Å². The Morgan fingerprint density at radius 3 is 2.50 bits per heavy atom.